The SMILES string of the molecule is Cc1cc(C(=O)N2CCN(C(=O)c3cccnc3)CC2)c(C)n1C(C)C. The fourth-order valence-corrected chi connectivity index (χ4v) is 3.74. The van der Waals surface area contributed by atoms with E-state index in [4.69, 9.17) is 0 Å². The molecule has 0 saturated carbocycles. The van der Waals surface area contributed by atoms with Crippen molar-refractivity contribution in [3.8, 4) is 0 Å². The molecule has 1 fully saturated rings. The average Bonchev–Trinajstić information content (AvgIpc) is 2.95. The molecule has 0 unspecified atom stereocenters. The summed E-state index contributed by atoms with van der Waals surface area (Å²) in [5.74, 6) is 0.0293. The van der Waals surface area contributed by atoms with Gasteiger partial charge in [-0.3, -0.25) is 14.6 Å². The second-order valence-electron chi connectivity index (χ2n) is 7.07. The van der Waals surface area contributed by atoms with E-state index in [2.05, 4.69) is 23.4 Å². The van der Waals surface area contributed by atoms with Gasteiger partial charge in [0.05, 0.1) is 11.1 Å². The Hall–Kier alpha value is -2.63. The molecule has 0 spiro atoms. The van der Waals surface area contributed by atoms with Crippen LogP contribution in [0.2, 0.25) is 0 Å². The number of carbonyl (C=O) groups excluding carboxylic acids is 2. The maximum Gasteiger partial charge on any atom is 0.255 e. The molecule has 0 aliphatic carbocycles. The minimum atomic E-state index is -0.0248. The van der Waals surface area contributed by atoms with Crippen LogP contribution < -0.4 is 0 Å². The maximum absolute atomic E-state index is 13.0. The molecule has 2 amide bonds. The number of pyridine rings is 1. The van der Waals surface area contributed by atoms with Gasteiger partial charge >= 0.3 is 0 Å². The van der Waals surface area contributed by atoms with Crippen molar-refractivity contribution < 1.29 is 9.59 Å². The third-order valence-electron chi connectivity index (χ3n) is 4.99. The molecular weight excluding hydrogens is 328 g/mol. The van der Waals surface area contributed by atoms with Gasteiger partial charge in [0.25, 0.3) is 11.8 Å². The molecule has 0 N–H and O–H groups in total. The Balaban J connectivity index is 1.68. The standard InChI is InChI=1S/C20H26N4O2/c1-14(2)24-15(3)12-18(16(24)4)20(26)23-10-8-22(9-11-23)19(25)17-6-5-7-21-13-17/h5-7,12-14H,8-11H2,1-4H3. The number of hydrogen-bond acceptors (Lipinski definition) is 3. The summed E-state index contributed by atoms with van der Waals surface area (Å²) >= 11 is 0. The normalized spacial score (nSPS) is 14.8. The fraction of sp³-hybridized carbons (Fsp3) is 0.450. The van der Waals surface area contributed by atoms with Gasteiger partial charge in [0, 0.05) is 56.0 Å². The quantitative estimate of drug-likeness (QED) is 0.851. The molecule has 0 atom stereocenters. The first-order chi connectivity index (χ1) is 12.4. The molecule has 2 aromatic rings. The minimum Gasteiger partial charge on any atom is -0.346 e. The minimum absolute atomic E-state index is 0.0248. The smallest absolute Gasteiger partial charge is 0.255 e. The average molecular weight is 354 g/mol. The van der Waals surface area contributed by atoms with Crippen molar-refractivity contribution >= 4 is 11.8 Å². The van der Waals surface area contributed by atoms with E-state index in [-0.39, 0.29) is 11.8 Å². The molecule has 138 valence electrons. The number of nitrogens with zero attached hydrogens (tertiary/aromatic N) is 4. The zero-order chi connectivity index (χ0) is 18.8. The molecular formula is C20H26N4O2. The first kappa shape index (κ1) is 18.2. The van der Waals surface area contributed by atoms with Crippen molar-refractivity contribution in [2.24, 2.45) is 0 Å². The van der Waals surface area contributed by atoms with Gasteiger partial charge in [-0.05, 0) is 45.9 Å². The lowest BCUT2D eigenvalue weighted by molar-refractivity contribution is 0.0534. The van der Waals surface area contributed by atoms with Gasteiger partial charge in [0.15, 0.2) is 0 Å². The number of rotatable bonds is 3. The summed E-state index contributed by atoms with van der Waals surface area (Å²) in [5.41, 5.74) is 3.47. The van der Waals surface area contributed by atoms with Crippen LogP contribution in [-0.4, -0.2) is 57.3 Å². The van der Waals surface area contributed by atoms with Crippen molar-refractivity contribution in [1.29, 1.82) is 0 Å². The summed E-state index contributed by atoms with van der Waals surface area (Å²) in [6, 6.07) is 5.83. The maximum atomic E-state index is 13.0. The van der Waals surface area contributed by atoms with Gasteiger partial charge < -0.3 is 14.4 Å². The van der Waals surface area contributed by atoms with Crippen LogP contribution in [0.4, 0.5) is 0 Å². The van der Waals surface area contributed by atoms with Crippen LogP contribution in [0.5, 0.6) is 0 Å². The highest BCUT2D eigenvalue weighted by atomic mass is 16.2. The molecule has 3 heterocycles. The number of amides is 2. The Bertz CT molecular complexity index is 803. The molecule has 1 aliphatic rings. The number of carbonyl (C=O) groups is 2. The molecule has 0 bridgehead atoms. The van der Waals surface area contributed by atoms with Crippen LogP contribution in [0.3, 0.4) is 0 Å². The van der Waals surface area contributed by atoms with E-state index >= 15 is 0 Å². The van der Waals surface area contributed by atoms with E-state index in [1.165, 1.54) is 0 Å². The second kappa shape index (κ2) is 7.32. The lowest BCUT2D eigenvalue weighted by atomic mass is 10.1. The lowest BCUT2D eigenvalue weighted by Gasteiger charge is -2.34. The summed E-state index contributed by atoms with van der Waals surface area (Å²) in [4.78, 5) is 33.1. The Kier molecular flexibility index (Phi) is 5.11. The van der Waals surface area contributed by atoms with Gasteiger partial charge in [-0.25, -0.2) is 0 Å². The van der Waals surface area contributed by atoms with Crippen LogP contribution in [0.25, 0.3) is 0 Å². The van der Waals surface area contributed by atoms with Crippen LogP contribution in [0.15, 0.2) is 30.6 Å². The molecule has 26 heavy (non-hydrogen) atoms. The Morgan fingerprint density at radius 3 is 2.15 bits per heavy atom. The second-order valence-corrected chi connectivity index (χ2v) is 7.07. The summed E-state index contributed by atoms with van der Waals surface area (Å²) in [7, 11) is 0. The first-order valence-electron chi connectivity index (χ1n) is 9.07. The molecule has 6 heteroatoms. The van der Waals surface area contributed by atoms with Crippen molar-refractivity contribution in [3.05, 3.63) is 53.1 Å². The van der Waals surface area contributed by atoms with Gasteiger partial charge in [0.2, 0.25) is 0 Å². The zero-order valence-electron chi connectivity index (χ0n) is 15.9. The third kappa shape index (κ3) is 3.36. The molecule has 2 aromatic heterocycles. The Labute approximate surface area is 154 Å². The largest absolute Gasteiger partial charge is 0.346 e. The van der Waals surface area contributed by atoms with Gasteiger partial charge in [0.1, 0.15) is 0 Å². The van der Waals surface area contributed by atoms with Gasteiger partial charge in [-0.15, -0.1) is 0 Å². The van der Waals surface area contributed by atoms with Crippen LogP contribution in [-0.2, 0) is 0 Å². The highest BCUT2D eigenvalue weighted by Crippen LogP contribution is 2.22. The van der Waals surface area contributed by atoms with Gasteiger partial charge in [-0.2, -0.15) is 0 Å². The Morgan fingerprint density at radius 2 is 1.65 bits per heavy atom. The van der Waals surface area contributed by atoms with Gasteiger partial charge in [-0.1, -0.05) is 0 Å². The molecule has 1 saturated heterocycles. The van der Waals surface area contributed by atoms with E-state index in [0.29, 0.717) is 37.8 Å². The van der Waals surface area contributed by atoms with E-state index in [0.717, 1.165) is 17.0 Å². The van der Waals surface area contributed by atoms with E-state index < -0.39 is 0 Å². The molecule has 3 rings (SSSR count). The number of piperazine rings is 1. The van der Waals surface area contributed by atoms with Crippen LogP contribution in [0.1, 0.15) is 52.0 Å². The highest BCUT2D eigenvalue weighted by Gasteiger charge is 2.27. The number of hydrogen-bond donors (Lipinski definition) is 0. The molecule has 0 radical (unpaired) electrons. The predicted octanol–water partition coefficient (Wildman–Crippen LogP) is 2.68. The highest BCUT2D eigenvalue weighted by molar-refractivity contribution is 5.96. The van der Waals surface area contributed by atoms with Crippen molar-refractivity contribution in [1.82, 2.24) is 19.4 Å². The molecule has 0 aromatic carbocycles. The summed E-state index contributed by atoms with van der Waals surface area (Å²) in [5, 5.41) is 0. The van der Waals surface area contributed by atoms with Crippen molar-refractivity contribution in [3.63, 3.8) is 0 Å². The summed E-state index contributed by atoms with van der Waals surface area (Å²) in [6.07, 6.45) is 3.24. The summed E-state index contributed by atoms with van der Waals surface area (Å²) in [6.45, 7) is 10.5. The van der Waals surface area contributed by atoms with E-state index in [9.17, 15) is 9.59 Å². The predicted molar refractivity (Wildman–Crippen MR) is 100 cm³/mol. The number of aromatic nitrogens is 2. The van der Waals surface area contributed by atoms with Crippen LogP contribution in [0, 0.1) is 13.8 Å². The zero-order valence-corrected chi connectivity index (χ0v) is 15.9. The Morgan fingerprint density at radius 1 is 1.04 bits per heavy atom. The molecule has 1 aliphatic heterocycles. The van der Waals surface area contributed by atoms with Crippen molar-refractivity contribution in [2.45, 2.75) is 33.7 Å². The van der Waals surface area contributed by atoms with Crippen molar-refractivity contribution in [2.75, 3.05) is 26.2 Å². The summed E-state index contributed by atoms with van der Waals surface area (Å²) < 4.78 is 2.19. The van der Waals surface area contributed by atoms with E-state index in [1.54, 1.807) is 29.4 Å². The fourth-order valence-electron chi connectivity index (χ4n) is 3.74. The molecule has 6 nitrogen and oxygen atoms in total. The van der Waals surface area contributed by atoms with Crippen LogP contribution >= 0.6 is 0 Å². The van der Waals surface area contributed by atoms with E-state index in [1.807, 2.05) is 24.8 Å². The monoisotopic (exact) mass is 354 g/mol. The lowest BCUT2D eigenvalue weighted by Crippen LogP contribution is -2.50. The first-order valence-corrected chi connectivity index (χ1v) is 9.07. The third-order valence-corrected chi connectivity index (χ3v) is 4.99. The topological polar surface area (TPSA) is 58.4 Å². The number of aryl methyl sites for hydroxylation is 1.